The van der Waals surface area contributed by atoms with E-state index in [-0.39, 0.29) is 11.9 Å². The number of rotatable bonds is 4. The van der Waals surface area contributed by atoms with E-state index in [1.807, 2.05) is 0 Å². The van der Waals surface area contributed by atoms with Crippen molar-refractivity contribution in [1.82, 2.24) is 10.3 Å². The molecule has 0 saturated carbocycles. The number of aryl methyl sites for hydroxylation is 1. The van der Waals surface area contributed by atoms with E-state index >= 15 is 0 Å². The van der Waals surface area contributed by atoms with E-state index in [1.165, 1.54) is 17.3 Å². The first kappa shape index (κ1) is 13.3. The predicted octanol–water partition coefficient (Wildman–Crippen LogP) is 3.60. The van der Waals surface area contributed by atoms with Gasteiger partial charge in [-0.15, -0.1) is 0 Å². The van der Waals surface area contributed by atoms with Gasteiger partial charge in [0.2, 0.25) is 0 Å². The van der Waals surface area contributed by atoms with Crippen LogP contribution < -0.4 is 5.32 Å². The summed E-state index contributed by atoms with van der Waals surface area (Å²) in [5.41, 5.74) is 3.48. The lowest BCUT2D eigenvalue weighted by Crippen LogP contribution is -2.27. The summed E-state index contributed by atoms with van der Waals surface area (Å²) in [5, 5.41) is 3.45. The van der Waals surface area contributed by atoms with Crippen molar-refractivity contribution >= 4 is 0 Å². The van der Waals surface area contributed by atoms with Crippen molar-refractivity contribution in [1.29, 1.82) is 0 Å². The summed E-state index contributed by atoms with van der Waals surface area (Å²) in [6.07, 6.45) is 5.12. The van der Waals surface area contributed by atoms with Gasteiger partial charge in [0.15, 0.2) is 0 Å². The highest BCUT2D eigenvalue weighted by Crippen LogP contribution is 2.41. The minimum atomic E-state index is -0.220. The molecule has 1 aliphatic rings. The zero-order valence-electron chi connectivity index (χ0n) is 11.6. The zero-order valence-corrected chi connectivity index (χ0v) is 11.6. The van der Waals surface area contributed by atoms with Gasteiger partial charge in [-0.3, -0.25) is 4.98 Å². The van der Waals surface area contributed by atoms with Crippen LogP contribution >= 0.6 is 0 Å². The van der Waals surface area contributed by atoms with E-state index in [0.29, 0.717) is 5.92 Å². The summed E-state index contributed by atoms with van der Waals surface area (Å²) >= 11 is 0. The van der Waals surface area contributed by atoms with Crippen LogP contribution in [0, 0.1) is 5.82 Å². The normalized spacial score (nSPS) is 18.8. The number of hydrogen-bond acceptors (Lipinski definition) is 2. The van der Waals surface area contributed by atoms with Crippen LogP contribution in [0.25, 0.3) is 0 Å². The maximum absolute atomic E-state index is 14.1. The van der Waals surface area contributed by atoms with Gasteiger partial charge in [-0.05, 0) is 36.6 Å². The molecular weight excluding hydrogens is 251 g/mol. The number of benzene rings is 1. The lowest BCUT2D eigenvalue weighted by Gasteiger charge is -2.26. The van der Waals surface area contributed by atoms with Crippen LogP contribution in [0.1, 0.15) is 42.0 Å². The van der Waals surface area contributed by atoms with Crippen LogP contribution in [0.2, 0.25) is 0 Å². The summed E-state index contributed by atoms with van der Waals surface area (Å²) in [4.78, 5) is 3.86. The van der Waals surface area contributed by atoms with Gasteiger partial charge in [0.05, 0.1) is 6.20 Å². The van der Waals surface area contributed by atoms with Gasteiger partial charge in [-0.2, -0.15) is 0 Å². The molecule has 1 aromatic heterocycles. The van der Waals surface area contributed by atoms with E-state index in [9.17, 15) is 4.39 Å². The fraction of sp³-hybridized carbons (Fsp3) is 0.353. The number of nitrogens with zero attached hydrogens (tertiary/aromatic N) is 1. The molecule has 0 amide bonds. The number of likely N-dealkylation sites (N-methyl/N-ethyl adjacent to an activating group) is 1. The van der Waals surface area contributed by atoms with Crippen LogP contribution in [0.3, 0.4) is 0 Å². The van der Waals surface area contributed by atoms with E-state index < -0.39 is 0 Å². The lowest BCUT2D eigenvalue weighted by atomic mass is 9.88. The molecule has 3 rings (SSSR count). The molecule has 2 unspecified atom stereocenters. The Morgan fingerprint density at radius 3 is 3.00 bits per heavy atom. The van der Waals surface area contributed by atoms with Gasteiger partial charge in [-0.1, -0.05) is 31.2 Å². The Balaban J connectivity index is 1.99. The Morgan fingerprint density at radius 2 is 2.20 bits per heavy atom. The van der Waals surface area contributed by atoms with E-state index in [4.69, 9.17) is 0 Å². The Bertz CT molecular complexity index is 597. The molecule has 0 spiro atoms. The predicted molar refractivity (Wildman–Crippen MR) is 78.1 cm³/mol. The fourth-order valence-corrected chi connectivity index (χ4v) is 3.26. The van der Waals surface area contributed by atoms with Gasteiger partial charge in [0, 0.05) is 23.7 Å². The van der Waals surface area contributed by atoms with Crippen LogP contribution in [0.5, 0.6) is 0 Å². The number of halogens is 1. The van der Waals surface area contributed by atoms with Crippen molar-refractivity contribution in [2.45, 2.75) is 31.7 Å². The van der Waals surface area contributed by atoms with Crippen LogP contribution in [0.15, 0.2) is 42.7 Å². The molecule has 20 heavy (non-hydrogen) atoms. The molecule has 1 heterocycles. The molecule has 2 atom stereocenters. The minimum absolute atomic E-state index is 0.0200. The topological polar surface area (TPSA) is 24.9 Å². The molecule has 3 heteroatoms. The van der Waals surface area contributed by atoms with E-state index in [0.717, 1.165) is 24.9 Å². The number of fused-ring (bicyclic) bond motifs is 1. The minimum Gasteiger partial charge on any atom is -0.310 e. The Morgan fingerprint density at radius 1 is 1.35 bits per heavy atom. The summed E-state index contributed by atoms with van der Waals surface area (Å²) in [6.45, 7) is 2.89. The quantitative estimate of drug-likeness (QED) is 0.918. The van der Waals surface area contributed by atoms with Gasteiger partial charge >= 0.3 is 0 Å². The van der Waals surface area contributed by atoms with Gasteiger partial charge in [0.25, 0.3) is 0 Å². The zero-order chi connectivity index (χ0) is 13.9. The Hall–Kier alpha value is -1.74. The van der Waals surface area contributed by atoms with Crippen LogP contribution in [-0.2, 0) is 6.42 Å². The summed E-state index contributed by atoms with van der Waals surface area (Å²) < 4.78 is 14.1. The SMILES string of the molecule is CCNC(c1ccncc1F)C1CCc2ccccc21. The van der Waals surface area contributed by atoms with Crippen LogP contribution in [-0.4, -0.2) is 11.5 Å². The molecule has 0 saturated heterocycles. The molecule has 104 valence electrons. The third-order valence-corrected chi connectivity index (χ3v) is 4.14. The third-order valence-electron chi connectivity index (χ3n) is 4.14. The first-order valence-electron chi connectivity index (χ1n) is 7.22. The average molecular weight is 270 g/mol. The highest BCUT2D eigenvalue weighted by atomic mass is 19.1. The van der Waals surface area contributed by atoms with Crippen LogP contribution in [0.4, 0.5) is 4.39 Å². The summed E-state index contributed by atoms with van der Waals surface area (Å²) in [7, 11) is 0. The number of nitrogens with one attached hydrogen (secondary N) is 1. The summed E-state index contributed by atoms with van der Waals surface area (Å²) in [5.74, 6) is 0.117. The maximum atomic E-state index is 14.1. The second-order valence-corrected chi connectivity index (χ2v) is 5.28. The third kappa shape index (κ3) is 2.34. The van der Waals surface area contributed by atoms with E-state index in [1.54, 1.807) is 12.3 Å². The molecule has 0 bridgehead atoms. The molecular formula is C17H19FN2. The Labute approximate surface area is 119 Å². The highest BCUT2D eigenvalue weighted by Gasteiger charge is 2.31. The van der Waals surface area contributed by atoms with Crippen molar-refractivity contribution < 1.29 is 4.39 Å². The molecule has 1 aromatic carbocycles. The maximum Gasteiger partial charge on any atom is 0.146 e. The van der Waals surface area contributed by atoms with Gasteiger partial charge in [0.1, 0.15) is 5.82 Å². The van der Waals surface area contributed by atoms with E-state index in [2.05, 4.69) is 41.5 Å². The number of pyridine rings is 1. The molecule has 0 fully saturated rings. The molecule has 0 radical (unpaired) electrons. The van der Waals surface area contributed by atoms with Gasteiger partial charge < -0.3 is 5.32 Å². The first-order chi connectivity index (χ1) is 9.81. The largest absolute Gasteiger partial charge is 0.310 e. The smallest absolute Gasteiger partial charge is 0.146 e. The standard InChI is InChI=1S/C17H19FN2/c1-2-20-17(15-9-10-19-11-16(15)18)14-8-7-12-5-3-4-6-13(12)14/h3-6,9-11,14,17,20H,2,7-8H2,1H3. The summed E-state index contributed by atoms with van der Waals surface area (Å²) in [6, 6.07) is 10.3. The van der Waals surface area contributed by atoms with Crippen molar-refractivity contribution in [2.75, 3.05) is 6.54 Å². The molecule has 0 aliphatic heterocycles. The van der Waals surface area contributed by atoms with Gasteiger partial charge in [-0.25, -0.2) is 4.39 Å². The second kappa shape index (κ2) is 5.71. The van der Waals surface area contributed by atoms with Crippen molar-refractivity contribution in [2.24, 2.45) is 0 Å². The fourth-order valence-electron chi connectivity index (χ4n) is 3.26. The Kier molecular flexibility index (Phi) is 3.79. The van der Waals surface area contributed by atoms with Crippen molar-refractivity contribution in [3.8, 4) is 0 Å². The monoisotopic (exact) mass is 270 g/mol. The average Bonchev–Trinajstić information content (AvgIpc) is 2.90. The number of hydrogen-bond donors (Lipinski definition) is 1. The second-order valence-electron chi connectivity index (χ2n) is 5.28. The first-order valence-corrected chi connectivity index (χ1v) is 7.22. The molecule has 2 aromatic rings. The lowest BCUT2D eigenvalue weighted by molar-refractivity contribution is 0.433. The van der Waals surface area contributed by atoms with Crippen molar-refractivity contribution in [3.63, 3.8) is 0 Å². The highest BCUT2D eigenvalue weighted by molar-refractivity contribution is 5.38. The molecule has 2 nitrogen and oxygen atoms in total. The number of aromatic nitrogens is 1. The molecule has 1 aliphatic carbocycles. The van der Waals surface area contributed by atoms with Crippen molar-refractivity contribution in [3.05, 3.63) is 65.2 Å². The molecule has 1 N–H and O–H groups in total.